The monoisotopic (exact) mass is 323 g/mol. The minimum atomic E-state index is -0.0124. The molecule has 0 spiro atoms. The van der Waals surface area contributed by atoms with Crippen molar-refractivity contribution in [2.24, 2.45) is 0 Å². The van der Waals surface area contributed by atoms with Crippen molar-refractivity contribution in [3.63, 3.8) is 0 Å². The lowest BCUT2D eigenvalue weighted by molar-refractivity contribution is -0.120. The highest BCUT2D eigenvalue weighted by Crippen LogP contribution is 2.18. The van der Waals surface area contributed by atoms with E-state index in [4.69, 9.17) is 4.74 Å². The molecule has 3 rings (SSSR count). The number of para-hydroxylation sites is 3. The number of hydrogen-bond acceptors (Lipinski definition) is 3. The maximum atomic E-state index is 12.2. The van der Waals surface area contributed by atoms with E-state index in [-0.39, 0.29) is 5.91 Å². The Bertz CT molecular complexity index is 855. The van der Waals surface area contributed by atoms with Gasteiger partial charge in [0.2, 0.25) is 5.91 Å². The van der Waals surface area contributed by atoms with E-state index in [1.54, 1.807) is 7.11 Å². The summed E-state index contributed by atoms with van der Waals surface area (Å²) in [4.78, 5) is 16.7. The molecule has 0 atom stereocenters. The number of rotatable bonds is 6. The molecule has 1 amide bonds. The number of benzene rings is 2. The number of fused-ring (bicyclic) bond motifs is 1. The summed E-state index contributed by atoms with van der Waals surface area (Å²) in [7, 11) is 1.61. The van der Waals surface area contributed by atoms with E-state index >= 15 is 0 Å². The molecule has 0 saturated carbocycles. The van der Waals surface area contributed by atoms with E-state index in [9.17, 15) is 4.79 Å². The van der Waals surface area contributed by atoms with E-state index < -0.39 is 0 Å². The molecule has 1 N–H and O–H groups in total. The van der Waals surface area contributed by atoms with Crippen molar-refractivity contribution in [2.75, 3.05) is 13.7 Å². The van der Waals surface area contributed by atoms with Gasteiger partial charge in [-0.3, -0.25) is 4.79 Å². The third kappa shape index (κ3) is 3.40. The molecule has 1 aromatic heterocycles. The summed E-state index contributed by atoms with van der Waals surface area (Å²) in [5, 5.41) is 2.97. The molecule has 0 radical (unpaired) electrons. The maximum Gasteiger partial charge on any atom is 0.224 e. The molecular formula is C19H21N3O2. The fraction of sp³-hybridized carbons (Fsp3) is 0.263. The Balaban J connectivity index is 1.60. The van der Waals surface area contributed by atoms with Gasteiger partial charge in [0.1, 0.15) is 11.6 Å². The highest BCUT2D eigenvalue weighted by Gasteiger charge is 2.09. The van der Waals surface area contributed by atoms with Crippen LogP contribution in [0.15, 0.2) is 48.5 Å². The first kappa shape index (κ1) is 16.1. The SMILES string of the molecule is COc1ccccc1CC(=O)NCCn1c(C)nc2ccccc21. The van der Waals surface area contributed by atoms with E-state index in [1.165, 1.54) is 0 Å². The minimum Gasteiger partial charge on any atom is -0.496 e. The van der Waals surface area contributed by atoms with Crippen LogP contribution < -0.4 is 10.1 Å². The van der Waals surface area contributed by atoms with Crippen molar-refractivity contribution >= 4 is 16.9 Å². The van der Waals surface area contributed by atoms with Crippen LogP contribution in [0.2, 0.25) is 0 Å². The molecule has 1 heterocycles. The summed E-state index contributed by atoms with van der Waals surface area (Å²) in [5.41, 5.74) is 2.96. The van der Waals surface area contributed by atoms with E-state index in [0.29, 0.717) is 19.5 Å². The Morgan fingerprint density at radius 3 is 2.75 bits per heavy atom. The normalized spacial score (nSPS) is 10.8. The number of hydrogen-bond donors (Lipinski definition) is 1. The zero-order valence-corrected chi connectivity index (χ0v) is 14.0. The van der Waals surface area contributed by atoms with Crippen LogP contribution in [0, 0.1) is 6.92 Å². The maximum absolute atomic E-state index is 12.2. The van der Waals surface area contributed by atoms with Crippen LogP contribution in [0.3, 0.4) is 0 Å². The second kappa shape index (κ2) is 7.17. The van der Waals surface area contributed by atoms with Crippen molar-refractivity contribution in [3.8, 4) is 5.75 Å². The van der Waals surface area contributed by atoms with Crippen molar-refractivity contribution in [2.45, 2.75) is 19.9 Å². The second-order valence-electron chi connectivity index (χ2n) is 5.64. The van der Waals surface area contributed by atoms with Gasteiger partial charge in [-0.15, -0.1) is 0 Å². The first-order valence-electron chi connectivity index (χ1n) is 7.99. The van der Waals surface area contributed by atoms with Crippen LogP contribution in [-0.4, -0.2) is 29.1 Å². The molecule has 0 aliphatic heterocycles. The third-order valence-corrected chi connectivity index (χ3v) is 4.05. The van der Waals surface area contributed by atoms with Crippen LogP contribution in [-0.2, 0) is 17.8 Å². The van der Waals surface area contributed by atoms with Gasteiger partial charge < -0.3 is 14.6 Å². The van der Waals surface area contributed by atoms with Crippen LogP contribution >= 0.6 is 0 Å². The van der Waals surface area contributed by atoms with Crippen LogP contribution in [0.5, 0.6) is 5.75 Å². The first-order chi connectivity index (χ1) is 11.7. The molecule has 3 aromatic rings. The average molecular weight is 323 g/mol. The zero-order valence-electron chi connectivity index (χ0n) is 14.0. The Labute approximate surface area is 141 Å². The predicted molar refractivity (Wildman–Crippen MR) is 94.2 cm³/mol. The summed E-state index contributed by atoms with van der Waals surface area (Å²) in [6.07, 6.45) is 0.313. The number of aryl methyl sites for hydroxylation is 1. The van der Waals surface area contributed by atoms with Crippen molar-refractivity contribution < 1.29 is 9.53 Å². The molecular weight excluding hydrogens is 302 g/mol. The molecule has 0 saturated heterocycles. The molecule has 124 valence electrons. The smallest absolute Gasteiger partial charge is 0.224 e. The van der Waals surface area contributed by atoms with Gasteiger partial charge in [0, 0.05) is 18.7 Å². The Morgan fingerprint density at radius 2 is 1.92 bits per heavy atom. The second-order valence-corrected chi connectivity index (χ2v) is 5.64. The van der Waals surface area contributed by atoms with Crippen molar-refractivity contribution in [3.05, 3.63) is 59.9 Å². The molecule has 24 heavy (non-hydrogen) atoms. The lowest BCUT2D eigenvalue weighted by Gasteiger charge is -2.10. The summed E-state index contributed by atoms with van der Waals surface area (Å²) >= 11 is 0. The predicted octanol–water partition coefficient (Wildman–Crippen LogP) is 2.71. The van der Waals surface area contributed by atoms with Crippen molar-refractivity contribution in [1.29, 1.82) is 0 Å². The van der Waals surface area contributed by atoms with Gasteiger partial charge in [-0.1, -0.05) is 30.3 Å². The number of ether oxygens (including phenoxy) is 1. The lowest BCUT2D eigenvalue weighted by atomic mass is 10.1. The van der Waals surface area contributed by atoms with Gasteiger partial charge in [0.25, 0.3) is 0 Å². The number of nitrogens with one attached hydrogen (secondary N) is 1. The lowest BCUT2D eigenvalue weighted by Crippen LogP contribution is -2.28. The molecule has 0 aliphatic carbocycles. The fourth-order valence-electron chi connectivity index (χ4n) is 2.87. The number of methoxy groups -OCH3 is 1. The van der Waals surface area contributed by atoms with Gasteiger partial charge in [-0.25, -0.2) is 4.98 Å². The third-order valence-electron chi connectivity index (χ3n) is 4.05. The summed E-state index contributed by atoms with van der Waals surface area (Å²) in [6, 6.07) is 15.6. The highest BCUT2D eigenvalue weighted by molar-refractivity contribution is 5.79. The average Bonchev–Trinajstić information content (AvgIpc) is 2.91. The van der Waals surface area contributed by atoms with E-state index in [2.05, 4.69) is 14.9 Å². The summed E-state index contributed by atoms with van der Waals surface area (Å²) < 4.78 is 7.40. The quantitative estimate of drug-likeness (QED) is 0.759. The van der Waals surface area contributed by atoms with Crippen LogP contribution in [0.25, 0.3) is 11.0 Å². The molecule has 0 unspecified atom stereocenters. The minimum absolute atomic E-state index is 0.0124. The Hall–Kier alpha value is -2.82. The number of aromatic nitrogens is 2. The van der Waals surface area contributed by atoms with Gasteiger partial charge in [0.15, 0.2) is 0 Å². The van der Waals surface area contributed by atoms with E-state index in [0.717, 1.165) is 28.2 Å². The molecule has 0 fully saturated rings. The van der Waals surface area contributed by atoms with E-state index in [1.807, 2.05) is 55.5 Å². The van der Waals surface area contributed by atoms with Crippen LogP contribution in [0.1, 0.15) is 11.4 Å². The fourth-order valence-corrected chi connectivity index (χ4v) is 2.87. The van der Waals surface area contributed by atoms with Gasteiger partial charge >= 0.3 is 0 Å². The van der Waals surface area contributed by atoms with Crippen LogP contribution in [0.4, 0.5) is 0 Å². The number of imidazole rings is 1. The summed E-state index contributed by atoms with van der Waals surface area (Å²) in [6.45, 7) is 3.25. The Kier molecular flexibility index (Phi) is 4.79. The number of nitrogens with zero attached hydrogens (tertiary/aromatic N) is 2. The number of carbonyl (C=O) groups excluding carboxylic acids is 1. The number of carbonyl (C=O) groups is 1. The first-order valence-corrected chi connectivity index (χ1v) is 7.99. The molecule has 0 bridgehead atoms. The molecule has 0 aliphatic rings. The van der Waals surface area contributed by atoms with Gasteiger partial charge in [-0.2, -0.15) is 0 Å². The summed E-state index contributed by atoms with van der Waals surface area (Å²) in [5.74, 6) is 1.68. The largest absolute Gasteiger partial charge is 0.496 e. The number of amides is 1. The zero-order chi connectivity index (χ0) is 16.9. The molecule has 5 heteroatoms. The topological polar surface area (TPSA) is 56.1 Å². The molecule has 2 aromatic carbocycles. The molecule has 5 nitrogen and oxygen atoms in total. The van der Waals surface area contributed by atoms with Gasteiger partial charge in [-0.05, 0) is 25.1 Å². The highest BCUT2D eigenvalue weighted by atomic mass is 16.5. The van der Waals surface area contributed by atoms with Crippen molar-refractivity contribution in [1.82, 2.24) is 14.9 Å². The Morgan fingerprint density at radius 1 is 1.17 bits per heavy atom. The standard InChI is InChI=1S/C19H21N3O2/c1-14-21-16-8-4-5-9-17(16)22(14)12-11-20-19(23)13-15-7-3-6-10-18(15)24-2/h3-10H,11-13H2,1-2H3,(H,20,23). The van der Waals surface area contributed by atoms with Gasteiger partial charge in [0.05, 0.1) is 24.6 Å².